The summed E-state index contributed by atoms with van der Waals surface area (Å²) in [7, 11) is 0. The first kappa shape index (κ1) is 17.0. The monoisotopic (exact) mass is 324 g/mol. The number of carbonyl (C=O) groups is 1. The Morgan fingerprint density at radius 3 is 2.26 bits per heavy atom. The first-order valence-electron chi connectivity index (χ1n) is 9.29. The molecule has 3 aliphatic rings. The summed E-state index contributed by atoms with van der Waals surface area (Å²) < 4.78 is 5.59. The van der Waals surface area contributed by atoms with Crippen LogP contribution >= 0.6 is 0 Å². The van der Waals surface area contributed by atoms with Crippen molar-refractivity contribution in [1.82, 2.24) is 10.2 Å². The number of rotatable bonds is 2. The number of piperidine rings is 1. The Hall–Kier alpha value is -0.810. The van der Waals surface area contributed by atoms with Crippen LogP contribution in [0.5, 0.6) is 0 Å². The van der Waals surface area contributed by atoms with E-state index < -0.39 is 5.60 Å². The molecule has 3 rings (SSSR count). The Morgan fingerprint density at radius 1 is 1.09 bits per heavy atom. The Kier molecular flexibility index (Phi) is 4.88. The molecule has 2 heterocycles. The van der Waals surface area contributed by atoms with Crippen molar-refractivity contribution in [3.05, 3.63) is 0 Å². The van der Waals surface area contributed by atoms with Crippen LogP contribution in [0, 0.1) is 0 Å². The number of amides is 1. The van der Waals surface area contributed by atoms with Gasteiger partial charge in [-0.25, -0.2) is 4.79 Å². The van der Waals surface area contributed by atoms with Crippen molar-refractivity contribution in [3.63, 3.8) is 0 Å². The molecule has 0 aromatic carbocycles. The molecule has 5 heteroatoms. The molecule has 5 nitrogen and oxygen atoms in total. The SMILES string of the molecule is CC(C)(C)OC(=O)N1C2CCC1CC(NC1CCCCC1O)C2. The number of carbonyl (C=O) groups excluding carboxylic acids is 1. The van der Waals surface area contributed by atoms with Gasteiger partial charge in [0.1, 0.15) is 5.60 Å². The van der Waals surface area contributed by atoms with E-state index in [4.69, 9.17) is 4.74 Å². The lowest BCUT2D eigenvalue weighted by Gasteiger charge is -2.42. The Morgan fingerprint density at radius 2 is 1.70 bits per heavy atom. The number of hydrogen-bond donors (Lipinski definition) is 2. The molecule has 4 atom stereocenters. The fourth-order valence-electron chi connectivity index (χ4n) is 4.53. The minimum atomic E-state index is -0.433. The lowest BCUT2D eigenvalue weighted by atomic mass is 9.90. The van der Waals surface area contributed by atoms with Gasteiger partial charge in [-0.15, -0.1) is 0 Å². The molecule has 0 aromatic heterocycles. The highest BCUT2D eigenvalue weighted by molar-refractivity contribution is 5.69. The Balaban J connectivity index is 1.57. The second-order valence-corrected chi connectivity index (χ2v) is 8.57. The van der Waals surface area contributed by atoms with E-state index in [1.54, 1.807) is 0 Å². The molecule has 2 aliphatic heterocycles. The Bertz CT molecular complexity index is 420. The summed E-state index contributed by atoms with van der Waals surface area (Å²) in [5, 5.41) is 13.9. The average molecular weight is 324 g/mol. The van der Waals surface area contributed by atoms with E-state index in [1.165, 1.54) is 6.42 Å². The van der Waals surface area contributed by atoms with Crippen molar-refractivity contribution in [2.75, 3.05) is 0 Å². The van der Waals surface area contributed by atoms with Crippen molar-refractivity contribution in [1.29, 1.82) is 0 Å². The summed E-state index contributed by atoms with van der Waals surface area (Å²) in [6.07, 6.45) is 8.11. The van der Waals surface area contributed by atoms with Crippen LogP contribution in [-0.4, -0.2) is 52.0 Å². The van der Waals surface area contributed by atoms with Crippen molar-refractivity contribution in [2.45, 2.75) is 108 Å². The van der Waals surface area contributed by atoms with Gasteiger partial charge in [0.25, 0.3) is 0 Å². The van der Waals surface area contributed by atoms with Gasteiger partial charge >= 0.3 is 6.09 Å². The van der Waals surface area contributed by atoms with Crippen LogP contribution in [-0.2, 0) is 4.74 Å². The second kappa shape index (κ2) is 6.60. The predicted octanol–water partition coefficient (Wildman–Crippen LogP) is 2.81. The molecular weight excluding hydrogens is 292 g/mol. The summed E-state index contributed by atoms with van der Waals surface area (Å²) in [6.45, 7) is 5.77. The summed E-state index contributed by atoms with van der Waals surface area (Å²) in [6, 6.07) is 1.24. The van der Waals surface area contributed by atoms with Crippen LogP contribution in [0.25, 0.3) is 0 Å². The van der Waals surface area contributed by atoms with E-state index in [9.17, 15) is 9.90 Å². The summed E-state index contributed by atoms with van der Waals surface area (Å²) >= 11 is 0. The molecule has 132 valence electrons. The highest BCUT2D eigenvalue weighted by Gasteiger charge is 2.45. The fraction of sp³-hybridized carbons (Fsp3) is 0.944. The van der Waals surface area contributed by atoms with Crippen molar-refractivity contribution >= 4 is 6.09 Å². The number of hydrogen-bond acceptors (Lipinski definition) is 4. The zero-order valence-electron chi connectivity index (χ0n) is 14.8. The highest BCUT2D eigenvalue weighted by atomic mass is 16.6. The quantitative estimate of drug-likeness (QED) is 0.820. The molecular formula is C18H32N2O3. The first-order valence-corrected chi connectivity index (χ1v) is 9.29. The van der Waals surface area contributed by atoms with Crippen LogP contribution in [0.1, 0.15) is 72.1 Å². The van der Waals surface area contributed by atoms with E-state index in [0.717, 1.165) is 44.9 Å². The standard InChI is InChI=1S/C18H32N2O3/c1-18(2,3)23-17(22)20-13-8-9-14(20)11-12(10-13)19-15-6-4-5-7-16(15)21/h12-16,19,21H,4-11H2,1-3H3. The lowest BCUT2D eigenvalue weighted by molar-refractivity contribution is 0.00196. The molecule has 2 saturated heterocycles. The van der Waals surface area contributed by atoms with E-state index >= 15 is 0 Å². The lowest BCUT2D eigenvalue weighted by Crippen LogP contribution is -2.56. The molecule has 1 amide bonds. The normalized spacial score (nSPS) is 37.7. The summed E-state index contributed by atoms with van der Waals surface area (Å²) in [4.78, 5) is 14.5. The van der Waals surface area contributed by atoms with Crippen molar-refractivity contribution in [2.24, 2.45) is 0 Å². The molecule has 2 N–H and O–H groups in total. The minimum absolute atomic E-state index is 0.152. The average Bonchev–Trinajstić information content (AvgIpc) is 2.72. The number of ether oxygens (including phenoxy) is 1. The third-order valence-corrected chi connectivity index (χ3v) is 5.52. The van der Waals surface area contributed by atoms with E-state index in [2.05, 4.69) is 5.32 Å². The van der Waals surface area contributed by atoms with E-state index in [0.29, 0.717) is 18.1 Å². The maximum absolute atomic E-state index is 12.5. The molecule has 1 aliphatic carbocycles. The van der Waals surface area contributed by atoms with Crippen LogP contribution in [0.4, 0.5) is 4.79 Å². The molecule has 0 spiro atoms. The largest absolute Gasteiger partial charge is 0.444 e. The van der Waals surface area contributed by atoms with Crippen molar-refractivity contribution < 1.29 is 14.6 Å². The summed E-state index contributed by atoms with van der Waals surface area (Å²) in [5.41, 5.74) is -0.433. The second-order valence-electron chi connectivity index (χ2n) is 8.57. The number of nitrogens with one attached hydrogen (secondary N) is 1. The topological polar surface area (TPSA) is 61.8 Å². The molecule has 0 radical (unpaired) electrons. The van der Waals surface area contributed by atoms with Gasteiger partial charge in [0.05, 0.1) is 6.10 Å². The number of nitrogens with zero attached hydrogens (tertiary/aromatic N) is 1. The van der Waals surface area contributed by atoms with Crippen LogP contribution in [0.15, 0.2) is 0 Å². The molecule has 23 heavy (non-hydrogen) atoms. The zero-order chi connectivity index (χ0) is 16.6. The van der Waals surface area contributed by atoms with E-state index in [1.807, 2.05) is 25.7 Å². The molecule has 1 saturated carbocycles. The first-order chi connectivity index (χ1) is 10.8. The highest BCUT2D eigenvalue weighted by Crippen LogP contribution is 2.37. The van der Waals surface area contributed by atoms with Gasteiger partial charge in [0, 0.05) is 24.2 Å². The van der Waals surface area contributed by atoms with E-state index in [-0.39, 0.29) is 18.2 Å². The van der Waals surface area contributed by atoms with Gasteiger partial charge < -0.3 is 20.1 Å². The summed E-state index contributed by atoms with van der Waals surface area (Å²) in [5.74, 6) is 0. The van der Waals surface area contributed by atoms with Crippen molar-refractivity contribution in [3.8, 4) is 0 Å². The molecule has 0 aromatic rings. The fourth-order valence-corrected chi connectivity index (χ4v) is 4.53. The van der Waals surface area contributed by atoms with Crippen LogP contribution in [0.2, 0.25) is 0 Å². The third-order valence-electron chi connectivity index (χ3n) is 5.52. The van der Waals surface area contributed by atoms with Gasteiger partial charge in [-0.2, -0.15) is 0 Å². The zero-order valence-corrected chi connectivity index (χ0v) is 14.8. The smallest absolute Gasteiger partial charge is 0.410 e. The van der Waals surface area contributed by atoms with Crippen LogP contribution < -0.4 is 5.32 Å². The third kappa shape index (κ3) is 4.00. The predicted molar refractivity (Wildman–Crippen MR) is 89.3 cm³/mol. The maximum atomic E-state index is 12.5. The van der Waals surface area contributed by atoms with Crippen LogP contribution in [0.3, 0.4) is 0 Å². The number of aliphatic hydroxyl groups excluding tert-OH is 1. The molecule has 3 fully saturated rings. The van der Waals surface area contributed by atoms with Gasteiger partial charge in [-0.3, -0.25) is 0 Å². The number of aliphatic hydroxyl groups is 1. The van der Waals surface area contributed by atoms with Gasteiger partial charge in [-0.1, -0.05) is 12.8 Å². The molecule has 2 bridgehead atoms. The van der Waals surface area contributed by atoms with Gasteiger partial charge in [0.2, 0.25) is 0 Å². The Labute approximate surface area is 139 Å². The minimum Gasteiger partial charge on any atom is -0.444 e. The van der Waals surface area contributed by atoms with Gasteiger partial charge in [-0.05, 0) is 59.3 Å². The number of fused-ring (bicyclic) bond motifs is 2. The molecule has 4 unspecified atom stereocenters. The maximum Gasteiger partial charge on any atom is 0.410 e. The van der Waals surface area contributed by atoms with Gasteiger partial charge in [0.15, 0.2) is 0 Å².